The van der Waals surface area contributed by atoms with E-state index in [0.29, 0.717) is 53.4 Å². The van der Waals surface area contributed by atoms with E-state index in [4.69, 9.17) is 5.11 Å². The lowest BCUT2D eigenvalue weighted by Crippen LogP contribution is -2.40. The Hall–Kier alpha value is -4.33. The number of imide groups is 1. The third-order valence-corrected chi connectivity index (χ3v) is 9.17. The molecule has 1 fully saturated rings. The molecule has 0 saturated carbocycles. The van der Waals surface area contributed by atoms with E-state index in [1.165, 1.54) is 11.0 Å². The van der Waals surface area contributed by atoms with Gasteiger partial charge < -0.3 is 10.2 Å². The predicted octanol–water partition coefficient (Wildman–Crippen LogP) is 4.62. The van der Waals surface area contributed by atoms with Crippen molar-refractivity contribution in [2.45, 2.75) is 51.4 Å². The number of hydrogen-bond acceptors (Lipinski definition) is 6. The van der Waals surface area contributed by atoms with E-state index in [-0.39, 0.29) is 48.5 Å². The van der Waals surface area contributed by atoms with Crippen molar-refractivity contribution < 1.29 is 34.2 Å². The van der Waals surface area contributed by atoms with Gasteiger partial charge in [0.2, 0.25) is 11.8 Å². The second kappa shape index (κ2) is 10.3. The standard InChI is InChI=1S/C33H31NO7/c1-17-15-25(35)24-16-23-20(12-13-22-28(23)33(41)34(32(22)40)14-6-2-3-9-26(36)37)27(29(24)30(17)38)21-11-10-18-7-4-5-8-19(18)31(21)39/h4-5,7-8,10-12,15,22-23,27-28,39H,2-3,6,9,13-14,16H2,1H3,(H,36,37)/t22-,23+,27+,28-/m0/s1. The lowest BCUT2D eigenvalue weighted by atomic mass is 9.59. The monoisotopic (exact) mass is 553 g/mol. The van der Waals surface area contributed by atoms with Crippen molar-refractivity contribution in [3.63, 3.8) is 0 Å². The average Bonchev–Trinajstić information content (AvgIpc) is 3.20. The van der Waals surface area contributed by atoms with Gasteiger partial charge in [-0.2, -0.15) is 0 Å². The second-order valence-electron chi connectivity index (χ2n) is 11.5. The van der Waals surface area contributed by atoms with Crippen molar-refractivity contribution in [2.75, 3.05) is 6.54 Å². The molecule has 0 radical (unpaired) electrons. The first-order valence-electron chi connectivity index (χ1n) is 14.2. The summed E-state index contributed by atoms with van der Waals surface area (Å²) >= 11 is 0. The first kappa shape index (κ1) is 26.9. The molecular formula is C33H31NO7. The summed E-state index contributed by atoms with van der Waals surface area (Å²) in [6.07, 6.45) is 5.45. The number of phenolic OH excluding ortho intramolecular Hbond substituents is 1. The number of fused-ring (bicyclic) bond motifs is 4. The van der Waals surface area contributed by atoms with E-state index < -0.39 is 29.6 Å². The summed E-state index contributed by atoms with van der Waals surface area (Å²) in [4.78, 5) is 66.2. The number of unbranched alkanes of at least 4 members (excludes halogenated alkanes) is 2. The average molecular weight is 554 g/mol. The Kier molecular flexibility index (Phi) is 6.72. The summed E-state index contributed by atoms with van der Waals surface area (Å²) in [7, 11) is 0. The smallest absolute Gasteiger partial charge is 0.303 e. The molecule has 0 spiro atoms. The minimum absolute atomic E-state index is 0.0351. The van der Waals surface area contributed by atoms with Crippen LogP contribution in [0.1, 0.15) is 56.9 Å². The first-order valence-corrected chi connectivity index (χ1v) is 14.2. The van der Waals surface area contributed by atoms with Crippen LogP contribution in [0.5, 0.6) is 5.75 Å². The van der Waals surface area contributed by atoms with Gasteiger partial charge in [0.25, 0.3) is 0 Å². The number of hydrogen-bond donors (Lipinski definition) is 2. The van der Waals surface area contributed by atoms with Crippen LogP contribution < -0.4 is 0 Å². The molecule has 2 N–H and O–H groups in total. The van der Waals surface area contributed by atoms with Gasteiger partial charge in [0.15, 0.2) is 11.6 Å². The highest BCUT2D eigenvalue weighted by Gasteiger charge is 2.56. The zero-order valence-corrected chi connectivity index (χ0v) is 22.8. The van der Waals surface area contributed by atoms with E-state index in [0.717, 1.165) is 11.0 Å². The molecule has 1 heterocycles. The van der Waals surface area contributed by atoms with Crippen LogP contribution in [-0.4, -0.2) is 51.0 Å². The molecule has 0 aromatic heterocycles. The van der Waals surface area contributed by atoms with Crippen LogP contribution in [0.4, 0.5) is 0 Å². The molecule has 4 atom stereocenters. The van der Waals surface area contributed by atoms with Gasteiger partial charge in [-0.15, -0.1) is 0 Å². The van der Waals surface area contributed by atoms with Crippen LogP contribution in [0.25, 0.3) is 10.8 Å². The fourth-order valence-corrected chi connectivity index (χ4v) is 7.23. The van der Waals surface area contributed by atoms with Crippen LogP contribution in [0.3, 0.4) is 0 Å². The molecule has 2 amide bonds. The molecule has 8 heteroatoms. The summed E-state index contributed by atoms with van der Waals surface area (Å²) < 4.78 is 0. The van der Waals surface area contributed by atoms with E-state index in [1.54, 1.807) is 13.0 Å². The molecular weight excluding hydrogens is 522 g/mol. The number of Topliss-reactive ketones (excluding diaryl/α,β-unsaturated/α-hetero) is 1. The van der Waals surface area contributed by atoms with Gasteiger partial charge in [-0.3, -0.25) is 28.9 Å². The van der Waals surface area contributed by atoms with Crippen molar-refractivity contribution in [3.8, 4) is 5.75 Å². The van der Waals surface area contributed by atoms with Crippen molar-refractivity contribution in [1.29, 1.82) is 0 Å². The lowest BCUT2D eigenvalue weighted by Gasteiger charge is -2.42. The highest BCUT2D eigenvalue weighted by atomic mass is 16.4. The van der Waals surface area contributed by atoms with Gasteiger partial charge >= 0.3 is 5.97 Å². The third kappa shape index (κ3) is 4.33. The number of aliphatic carboxylic acids is 1. The van der Waals surface area contributed by atoms with Gasteiger partial charge in [0.05, 0.1) is 11.8 Å². The Labute approximate surface area is 237 Å². The molecule has 2 aromatic rings. The fraction of sp³-hybridized carbons (Fsp3) is 0.364. The van der Waals surface area contributed by atoms with Crippen LogP contribution in [-0.2, 0) is 24.0 Å². The summed E-state index contributed by atoms with van der Waals surface area (Å²) in [5, 5.41) is 21.8. The molecule has 2 aromatic carbocycles. The predicted molar refractivity (Wildman–Crippen MR) is 150 cm³/mol. The maximum Gasteiger partial charge on any atom is 0.303 e. The number of benzene rings is 2. The fourth-order valence-electron chi connectivity index (χ4n) is 7.23. The largest absolute Gasteiger partial charge is 0.507 e. The normalized spacial score (nSPS) is 25.6. The summed E-state index contributed by atoms with van der Waals surface area (Å²) in [5.41, 5.74) is 2.36. The summed E-state index contributed by atoms with van der Waals surface area (Å²) in [6, 6.07) is 11.1. The van der Waals surface area contributed by atoms with Crippen LogP contribution in [0.15, 0.2) is 70.8 Å². The minimum atomic E-state index is -0.873. The number of likely N-dealkylation sites (tertiary alicyclic amines) is 1. The zero-order chi connectivity index (χ0) is 29.0. The number of carbonyl (C=O) groups is 5. The Bertz CT molecular complexity index is 1630. The number of carboxylic acid groups (broad SMARTS) is 1. The number of phenols is 1. The Morgan fingerprint density at radius 3 is 2.54 bits per heavy atom. The maximum atomic E-state index is 13.8. The molecule has 41 heavy (non-hydrogen) atoms. The van der Waals surface area contributed by atoms with E-state index in [1.807, 2.05) is 36.4 Å². The summed E-state index contributed by atoms with van der Waals surface area (Å²) in [5.74, 6) is -4.23. The van der Waals surface area contributed by atoms with Crippen LogP contribution in [0, 0.1) is 17.8 Å². The number of allylic oxidation sites excluding steroid dienone is 6. The maximum absolute atomic E-state index is 13.8. The topological polar surface area (TPSA) is 129 Å². The van der Waals surface area contributed by atoms with Gasteiger partial charge in [0, 0.05) is 46.6 Å². The molecule has 210 valence electrons. The van der Waals surface area contributed by atoms with Gasteiger partial charge in [0.1, 0.15) is 5.75 Å². The molecule has 1 aliphatic heterocycles. The number of amides is 2. The van der Waals surface area contributed by atoms with Crippen LogP contribution in [0.2, 0.25) is 0 Å². The Morgan fingerprint density at radius 2 is 1.76 bits per heavy atom. The third-order valence-electron chi connectivity index (χ3n) is 9.17. The Morgan fingerprint density at radius 1 is 0.976 bits per heavy atom. The van der Waals surface area contributed by atoms with Crippen LogP contribution >= 0.6 is 0 Å². The minimum Gasteiger partial charge on any atom is -0.507 e. The molecule has 0 bridgehead atoms. The quantitative estimate of drug-likeness (QED) is 0.222. The van der Waals surface area contributed by atoms with E-state index >= 15 is 0 Å². The zero-order valence-electron chi connectivity index (χ0n) is 22.8. The SMILES string of the molecule is CC1=CC(=O)C2=C(C1=O)[C@@H](c1ccc3ccccc3c1O)C1=CC[C@@H]3C(=O)N(CCCCCC(=O)O)C(=O)[C@@H]3[C@@H]1C2. The number of ketones is 2. The van der Waals surface area contributed by atoms with E-state index in [9.17, 15) is 29.1 Å². The lowest BCUT2D eigenvalue weighted by molar-refractivity contribution is -0.141. The van der Waals surface area contributed by atoms with Crippen molar-refractivity contribution in [1.82, 2.24) is 4.90 Å². The molecule has 4 aliphatic rings. The Balaban J connectivity index is 1.39. The molecule has 8 nitrogen and oxygen atoms in total. The number of rotatable bonds is 7. The number of carbonyl (C=O) groups excluding carboxylic acids is 4. The van der Waals surface area contributed by atoms with Crippen molar-refractivity contribution in [2.24, 2.45) is 17.8 Å². The molecule has 0 unspecified atom stereocenters. The molecule has 1 saturated heterocycles. The molecule has 3 aliphatic carbocycles. The second-order valence-corrected chi connectivity index (χ2v) is 11.5. The van der Waals surface area contributed by atoms with Gasteiger partial charge in [-0.25, -0.2) is 0 Å². The highest BCUT2D eigenvalue weighted by molar-refractivity contribution is 6.24. The summed E-state index contributed by atoms with van der Waals surface area (Å²) in [6.45, 7) is 1.85. The van der Waals surface area contributed by atoms with Gasteiger partial charge in [-0.05, 0) is 50.0 Å². The van der Waals surface area contributed by atoms with E-state index in [2.05, 4.69) is 0 Å². The van der Waals surface area contributed by atoms with Gasteiger partial charge in [-0.1, -0.05) is 54.5 Å². The number of carboxylic acids is 1. The number of nitrogens with zero attached hydrogens (tertiary/aromatic N) is 1. The van der Waals surface area contributed by atoms with Crippen molar-refractivity contribution in [3.05, 3.63) is 76.4 Å². The van der Waals surface area contributed by atoms with Crippen molar-refractivity contribution >= 4 is 40.1 Å². The highest BCUT2D eigenvalue weighted by Crippen LogP contribution is 2.56. The number of aromatic hydroxyl groups is 1. The molecule has 6 rings (SSSR count). The first-order chi connectivity index (χ1) is 19.7.